The van der Waals surface area contributed by atoms with Crippen LogP contribution in [0.4, 0.5) is 0 Å². The summed E-state index contributed by atoms with van der Waals surface area (Å²) in [6, 6.07) is 0. The smallest absolute Gasteiger partial charge is 0.0864 e. The van der Waals surface area contributed by atoms with Gasteiger partial charge in [-0.25, -0.2) is 5.90 Å². The highest BCUT2D eigenvalue weighted by Crippen LogP contribution is 1.86. The van der Waals surface area contributed by atoms with Crippen molar-refractivity contribution in [1.29, 1.82) is 0 Å². The molecule has 3 N–H and O–H groups in total. The molecule has 0 rings (SSSR count). The third-order valence-electron chi connectivity index (χ3n) is 0.777. The molecule has 0 spiro atoms. The van der Waals surface area contributed by atoms with Crippen LogP contribution >= 0.6 is 0 Å². The maximum Gasteiger partial charge on any atom is 0.0864 e. The molecule has 0 aromatic rings. The Morgan fingerprint density at radius 3 is 2.88 bits per heavy atom. The average molecular weight is 117 g/mol. The van der Waals surface area contributed by atoms with E-state index in [0.717, 1.165) is 5.57 Å². The molecule has 48 valence electrons. The number of rotatable bonds is 3. The number of aliphatic hydroxyl groups excluding tert-OH is 1. The third kappa shape index (κ3) is 3.80. The minimum atomic E-state index is 0.0728. The maximum atomic E-state index is 8.40. The van der Waals surface area contributed by atoms with Crippen LogP contribution < -0.4 is 5.90 Å². The number of hydrogen-bond donors (Lipinski definition) is 2. The Hall–Kier alpha value is -0.380. The summed E-state index contributed by atoms with van der Waals surface area (Å²) in [5.74, 6) is 4.71. The second-order valence-electron chi connectivity index (χ2n) is 1.54. The van der Waals surface area contributed by atoms with Crippen LogP contribution in [0, 0.1) is 0 Å². The average Bonchev–Trinajstić information content (AvgIpc) is 1.83. The molecule has 0 bridgehead atoms. The van der Waals surface area contributed by atoms with Crippen molar-refractivity contribution in [2.75, 3.05) is 13.2 Å². The van der Waals surface area contributed by atoms with E-state index in [1.807, 2.05) is 0 Å². The van der Waals surface area contributed by atoms with Gasteiger partial charge in [-0.05, 0) is 12.5 Å². The summed E-state index contributed by atoms with van der Waals surface area (Å²) in [6.45, 7) is 2.24. The summed E-state index contributed by atoms with van der Waals surface area (Å²) < 4.78 is 0. The Bertz CT molecular complexity index is 80.5. The van der Waals surface area contributed by atoms with Gasteiger partial charge >= 0.3 is 0 Å². The molecule has 0 aromatic heterocycles. The summed E-state index contributed by atoms with van der Waals surface area (Å²) in [6.07, 6.45) is 1.72. The predicted octanol–water partition coefficient (Wildman–Crippen LogP) is -0.185. The van der Waals surface area contributed by atoms with E-state index in [0.29, 0.717) is 6.61 Å². The van der Waals surface area contributed by atoms with Gasteiger partial charge in [-0.15, -0.1) is 0 Å². The van der Waals surface area contributed by atoms with Crippen LogP contribution in [-0.2, 0) is 4.84 Å². The van der Waals surface area contributed by atoms with Crippen molar-refractivity contribution in [3.63, 3.8) is 0 Å². The van der Waals surface area contributed by atoms with Crippen LogP contribution in [0.25, 0.3) is 0 Å². The van der Waals surface area contributed by atoms with E-state index in [2.05, 4.69) is 4.84 Å². The molecule has 3 nitrogen and oxygen atoms in total. The van der Waals surface area contributed by atoms with E-state index >= 15 is 0 Å². The van der Waals surface area contributed by atoms with Crippen molar-refractivity contribution in [3.05, 3.63) is 11.6 Å². The highest BCUT2D eigenvalue weighted by molar-refractivity contribution is 4.97. The van der Waals surface area contributed by atoms with Crippen molar-refractivity contribution in [2.24, 2.45) is 5.90 Å². The van der Waals surface area contributed by atoms with Gasteiger partial charge in [0.1, 0.15) is 0 Å². The Labute approximate surface area is 48.7 Å². The first-order valence-electron chi connectivity index (χ1n) is 2.39. The second-order valence-corrected chi connectivity index (χ2v) is 1.54. The summed E-state index contributed by atoms with van der Waals surface area (Å²) in [5, 5.41) is 8.40. The minimum absolute atomic E-state index is 0.0728. The van der Waals surface area contributed by atoms with E-state index in [4.69, 9.17) is 11.0 Å². The van der Waals surface area contributed by atoms with Crippen molar-refractivity contribution in [2.45, 2.75) is 6.92 Å². The fourth-order valence-corrected chi connectivity index (χ4v) is 0.255. The van der Waals surface area contributed by atoms with Gasteiger partial charge in [-0.1, -0.05) is 6.08 Å². The molecule has 0 radical (unpaired) electrons. The normalized spacial score (nSPS) is 12.1. The fraction of sp³-hybridized carbons (Fsp3) is 0.600. The molecule has 0 atom stereocenters. The molecular formula is C5H11NO2. The van der Waals surface area contributed by atoms with Crippen molar-refractivity contribution in [3.8, 4) is 0 Å². The Balaban J connectivity index is 3.26. The lowest BCUT2D eigenvalue weighted by Crippen LogP contribution is -1.98. The van der Waals surface area contributed by atoms with Crippen LogP contribution in [0.15, 0.2) is 11.6 Å². The lowest BCUT2D eigenvalue weighted by atomic mass is 10.3. The summed E-state index contributed by atoms with van der Waals surface area (Å²) in [4.78, 5) is 4.23. The van der Waals surface area contributed by atoms with Gasteiger partial charge in [-0.3, -0.25) is 0 Å². The van der Waals surface area contributed by atoms with Crippen molar-refractivity contribution >= 4 is 0 Å². The SMILES string of the molecule is CC(=CCON)CO. The molecule has 3 heteroatoms. The van der Waals surface area contributed by atoms with Gasteiger partial charge in [-0.2, -0.15) is 0 Å². The number of nitrogens with two attached hydrogens (primary N) is 1. The molecular weight excluding hydrogens is 106 g/mol. The number of aliphatic hydroxyl groups is 1. The summed E-state index contributed by atoms with van der Waals surface area (Å²) in [5.41, 5.74) is 0.871. The van der Waals surface area contributed by atoms with Gasteiger partial charge in [0.2, 0.25) is 0 Å². The monoisotopic (exact) mass is 117 g/mol. The first-order valence-corrected chi connectivity index (χ1v) is 2.39. The molecule has 0 unspecified atom stereocenters. The number of hydrogen-bond acceptors (Lipinski definition) is 3. The van der Waals surface area contributed by atoms with Crippen LogP contribution in [0.3, 0.4) is 0 Å². The first kappa shape index (κ1) is 7.62. The zero-order valence-corrected chi connectivity index (χ0v) is 4.92. The van der Waals surface area contributed by atoms with Gasteiger partial charge < -0.3 is 9.94 Å². The maximum absolute atomic E-state index is 8.40. The van der Waals surface area contributed by atoms with Gasteiger partial charge in [0, 0.05) is 0 Å². The Kier molecular flexibility index (Phi) is 4.54. The predicted molar refractivity (Wildman–Crippen MR) is 31.0 cm³/mol. The molecule has 0 amide bonds. The van der Waals surface area contributed by atoms with Gasteiger partial charge in [0.05, 0.1) is 13.2 Å². The van der Waals surface area contributed by atoms with Crippen LogP contribution in [0.1, 0.15) is 6.92 Å². The molecule has 0 aromatic carbocycles. The topological polar surface area (TPSA) is 55.5 Å². The highest BCUT2D eigenvalue weighted by atomic mass is 16.6. The standard InChI is InChI=1S/C5H11NO2/c1-5(4-7)2-3-8-6/h2,7H,3-4,6H2,1H3. The van der Waals surface area contributed by atoms with E-state index in [9.17, 15) is 0 Å². The molecule has 0 saturated carbocycles. The van der Waals surface area contributed by atoms with E-state index in [-0.39, 0.29) is 6.61 Å². The molecule has 0 aliphatic rings. The summed E-state index contributed by atoms with van der Waals surface area (Å²) >= 11 is 0. The second kappa shape index (κ2) is 4.77. The lowest BCUT2D eigenvalue weighted by molar-refractivity contribution is 0.167. The largest absolute Gasteiger partial charge is 0.392 e. The zero-order chi connectivity index (χ0) is 6.41. The van der Waals surface area contributed by atoms with Crippen LogP contribution in [0.2, 0.25) is 0 Å². The van der Waals surface area contributed by atoms with Crippen molar-refractivity contribution in [1.82, 2.24) is 0 Å². The highest BCUT2D eigenvalue weighted by Gasteiger charge is 1.81. The zero-order valence-electron chi connectivity index (χ0n) is 4.92. The first-order chi connectivity index (χ1) is 3.81. The van der Waals surface area contributed by atoms with Gasteiger partial charge in [0.25, 0.3) is 0 Å². The molecule has 0 saturated heterocycles. The summed E-state index contributed by atoms with van der Waals surface area (Å²) in [7, 11) is 0. The fourth-order valence-electron chi connectivity index (χ4n) is 0.255. The van der Waals surface area contributed by atoms with Crippen LogP contribution in [0.5, 0.6) is 0 Å². The Morgan fingerprint density at radius 1 is 1.88 bits per heavy atom. The quantitative estimate of drug-likeness (QED) is 0.398. The minimum Gasteiger partial charge on any atom is -0.392 e. The molecule has 8 heavy (non-hydrogen) atoms. The molecule has 0 aliphatic heterocycles. The van der Waals surface area contributed by atoms with E-state index < -0.39 is 0 Å². The van der Waals surface area contributed by atoms with Crippen LogP contribution in [-0.4, -0.2) is 18.3 Å². The van der Waals surface area contributed by atoms with Crippen molar-refractivity contribution < 1.29 is 9.94 Å². The lowest BCUT2D eigenvalue weighted by Gasteiger charge is -1.91. The molecule has 0 fully saturated rings. The van der Waals surface area contributed by atoms with Gasteiger partial charge in [0.15, 0.2) is 0 Å². The van der Waals surface area contributed by atoms with E-state index in [1.54, 1.807) is 13.0 Å². The molecule has 0 heterocycles. The Morgan fingerprint density at radius 2 is 2.50 bits per heavy atom. The van der Waals surface area contributed by atoms with E-state index in [1.165, 1.54) is 0 Å². The molecule has 0 aliphatic carbocycles. The third-order valence-corrected chi connectivity index (χ3v) is 0.777.